The molecule has 1 saturated carbocycles. The third-order valence-corrected chi connectivity index (χ3v) is 9.83. The molecular weight excluding hydrogens is 526 g/mol. The lowest BCUT2D eigenvalue weighted by Crippen LogP contribution is -2.54. The molecule has 1 atom stereocenters. The Morgan fingerprint density at radius 2 is 1.79 bits per heavy atom. The Balaban J connectivity index is 1.29. The summed E-state index contributed by atoms with van der Waals surface area (Å²) in [6.07, 6.45) is 5.50. The number of benzene rings is 2. The van der Waals surface area contributed by atoms with Gasteiger partial charge in [-0.3, -0.25) is 4.79 Å². The van der Waals surface area contributed by atoms with Crippen LogP contribution < -0.4 is 14.4 Å². The third kappa shape index (κ3) is 5.52. The molecule has 38 heavy (non-hydrogen) atoms. The van der Waals surface area contributed by atoms with Crippen LogP contribution in [-0.2, 0) is 25.0 Å². The highest BCUT2D eigenvalue weighted by Gasteiger charge is 2.45. The van der Waals surface area contributed by atoms with Gasteiger partial charge in [-0.05, 0) is 61.6 Å². The fourth-order valence-electron chi connectivity index (χ4n) is 6.00. The summed E-state index contributed by atoms with van der Waals surface area (Å²) in [5.41, 5.74) is 1.27. The van der Waals surface area contributed by atoms with Gasteiger partial charge in [0.15, 0.2) is 0 Å². The molecule has 0 aromatic heterocycles. The van der Waals surface area contributed by atoms with E-state index in [1.807, 2.05) is 29.2 Å². The molecule has 0 radical (unpaired) electrons. The second-order valence-electron chi connectivity index (χ2n) is 10.4. The number of carbonyl (C=O) groups is 1. The SMILES string of the molecule is COc1ccc(S(=O)(=O)NCC2CCCO2)cc1N1CCN(C(=O)C2(c3ccc(Cl)cc3)CCCC2)CC1. The van der Waals surface area contributed by atoms with E-state index in [4.69, 9.17) is 21.1 Å². The Kier molecular flexibility index (Phi) is 8.19. The molecule has 1 unspecified atom stereocenters. The zero-order chi connectivity index (χ0) is 26.8. The van der Waals surface area contributed by atoms with Crippen LogP contribution in [0.4, 0.5) is 5.69 Å². The van der Waals surface area contributed by atoms with Crippen molar-refractivity contribution in [2.45, 2.75) is 54.9 Å². The Morgan fingerprint density at radius 1 is 1.08 bits per heavy atom. The van der Waals surface area contributed by atoms with Crippen LogP contribution >= 0.6 is 11.6 Å². The molecule has 1 N–H and O–H groups in total. The van der Waals surface area contributed by atoms with Gasteiger partial charge in [0.25, 0.3) is 0 Å². The smallest absolute Gasteiger partial charge is 0.240 e. The number of hydrogen-bond acceptors (Lipinski definition) is 6. The fraction of sp³-hybridized carbons (Fsp3) is 0.536. The number of methoxy groups -OCH3 is 1. The number of nitrogens with one attached hydrogen (secondary N) is 1. The van der Waals surface area contributed by atoms with Gasteiger partial charge in [0.1, 0.15) is 5.75 Å². The maximum absolute atomic E-state index is 13.9. The number of hydrogen-bond donors (Lipinski definition) is 1. The maximum Gasteiger partial charge on any atom is 0.240 e. The minimum Gasteiger partial charge on any atom is -0.495 e. The monoisotopic (exact) mass is 561 g/mol. The number of amides is 1. The van der Waals surface area contributed by atoms with Crippen molar-refractivity contribution in [1.82, 2.24) is 9.62 Å². The molecular formula is C28H36ClN3O5S. The Morgan fingerprint density at radius 3 is 2.42 bits per heavy atom. The van der Waals surface area contributed by atoms with Crippen LogP contribution in [0.2, 0.25) is 5.02 Å². The Labute approximate surface area is 230 Å². The van der Waals surface area contributed by atoms with Gasteiger partial charge in [0.2, 0.25) is 15.9 Å². The number of rotatable bonds is 8. The third-order valence-electron chi connectivity index (χ3n) is 8.16. The molecule has 3 aliphatic rings. The van der Waals surface area contributed by atoms with Crippen LogP contribution in [0.3, 0.4) is 0 Å². The van der Waals surface area contributed by atoms with Crippen molar-refractivity contribution in [3.05, 3.63) is 53.1 Å². The molecule has 0 bridgehead atoms. The number of ether oxygens (including phenoxy) is 2. The quantitative estimate of drug-likeness (QED) is 0.525. The van der Waals surface area contributed by atoms with Crippen molar-refractivity contribution in [2.75, 3.05) is 51.3 Å². The van der Waals surface area contributed by atoms with Crippen LogP contribution in [0.15, 0.2) is 47.4 Å². The van der Waals surface area contributed by atoms with E-state index in [0.717, 1.165) is 44.1 Å². The van der Waals surface area contributed by atoms with Crippen molar-refractivity contribution in [3.8, 4) is 5.75 Å². The number of nitrogens with zero attached hydrogens (tertiary/aromatic N) is 2. The Bertz CT molecular complexity index is 1230. The summed E-state index contributed by atoms with van der Waals surface area (Å²) >= 11 is 6.12. The summed E-state index contributed by atoms with van der Waals surface area (Å²) in [6, 6.07) is 12.6. The highest BCUT2D eigenvalue weighted by molar-refractivity contribution is 7.89. The lowest BCUT2D eigenvalue weighted by Gasteiger charge is -2.41. The molecule has 10 heteroatoms. The molecule has 2 saturated heterocycles. The predicted molar refractivity (Wildman–Crippen MR) is 148 cm³/mol. The van der Waals surface area contributed by atoms with Crippen molar-refractivity contribution in [2.24, 2.45) is 0 Å². The standard InChI is InChI=1S/C28H36ClN3O5S/c1-36-26-11-10-24(38(34,35)30-20-23-5-4-18-37-23)19-25(26)31-14-16-32(17-15-31)27(33)28(12-2-3-13-28)21-6-8-22(29)9-7-21/h6-11,19,23,30H,2-5,12-18,20H2,1H3. The molecule has 8 nitrogen and oxygen atoms in total. The van der Waals surface area contributed by atoms with E-state index in [9.17, 15) is 13.2 Å². The Hall–Kier alpha value is -2.33. The summed E-state index contributed by atoms with van der Waals surface area (Å²) in [5.74, 6) is 0.787. The molecule has 1 aliphatic carbocycles. The maximum atomic E-state index is 13.9. The van der Waals surface area contributed by atoms with E-state index in [2.05, 4.69) is 9.62 Å². The molecule has 2 aliphatic heterocycles. The van der Waals surface area contributed by atoms with Gasteiger partial charge >= 0.3 is 0 Å². The van der Waals surface area contributed by atoms with E-state index < -0.39 is 15.4 Å². The number of sulfonamides is 1. The van der Waals surface area contributed by atoms with E-state index in [1.54, 1.807) is 25.3 Å². The summed E-state index contributed by atoms with van der Waals surface area (Å²) < 4.78 is 39.9. The number of anilines is 1. The molecule has 3 fully saturated rings. The molecule has 0 spiro atoms. The topological polar surface area (TPSA) is 88.2 Å². The van der Waals surface area contributed by atoms with Crippen molar-refractivity contribution in [3.63, 3.8) is 0 Å². The average molecular weight is 562 g/mol. The van der Waals surface area contributed by atoms with Crippen molar-refractivity contribution >= 4 is 33.2 Å². The van der Waals surface area contributed by atoms with Crippen LogP contribution in [0.1, 0.15) is 44.1 Å². The van der Waals surface area contributed by atoms with Gasteiger partial charge < -0.3 is 19.3 Å². The van der Waals surface area contributed by atoms with E-state index in [1.165, 1.54) is 0 Å². The lowest BCUT2D eigenvalue weighted by atomic mass is 9.77. The van der Waals surface area contributed by atoms with Crippen molar-refractivity contribution in [1.29, 1.82) is 0 Å². The average Bonchev–Trinajstić information content (AvgIpc) is 3.65. The van der Waals surface area contributed by atoms with Gasteiger partial charge in [0, 0.05) is 44.4 Å². The van der Waals surface area contributed by atoms with Gasteiger partial charge in [-0.15, -0.1) is 0 Å². The fourth-order valence-corrected chi connectivity index (χ4v) is 7.21. The van der Waals surface area contributed by atoms with Crippen LogP contribution in [0, 0.1) is 0 Å². The normalized spacial score (nSPS) is 21.6. The van der Waals surface area contributed by atoms with E-state index >= 15 is 0 Å². The van der Waals surface area contributed by atoms with Gasteiger partial charge in [-0.1, -0.05) is 36.6 Å². The van der Waals surface area contributed by atoms with Gasteiger partial charge in [0.05, 0.1) is 29.2 Å². The van der Waals surface area contributed by atoms with Gasteiger partial charge in [-0.25, -0.2) is 13.1 Å². The highest BCUT2D eigenvalue weighted by Crippen LogP contribution is 2.43. The predicted octanol–water partition coefficient (Wildman–Crippen LogP) is 3.97. The molecule has 1 amide bonds. The zero-order valence-electron chi connectivity index (χ0n) is 21.8. The second kappa shape index (κ2) is 11.4. The first-order valence-electron chi connectivity index (χ1n) is 13.4. The molecule has 206 valence electrons. The molecule has 2 aromatic carbocycles. The van der Waals surface area contributed by atoms with Crippen molar-refractivity contribution < 1.29 is 22.7 Å². The van der Waals surface area contributed by atoms with Crippen LogP contribution in [0.5, 0.6) is 5.75 Å². The van der Waals surface area contributed by atoms with Gasteiger partial charge in [-0.2, -0.15) is 0 Å². The minimum absolute atomic E-state index is 0.0795. The minimum atomic E-state index is -3.70. The highest BCUT2D eigenvalue weighted by atomic mass is 35.5. The first-order valence-corrected chi connectivity index (χ1v) is 15.3. The first-order chi connectivity index (χ1) is 18.3. The largest absolute Gasteiger partial charge is 0.495 e. The number of piperazine rings is 1. The molecule has 5 rings (SSSR count). The first kappa shape index (κ1) is 27.2. The number of carbonyl (C=O) groups excluding carboxylic acids is 1. The second-order valence-corrected chi connectivity index (χ2v) is 12.6. The molecule has 2 heterocycles. The zero-order valence-corrected chi connectivity index (χ0v) is 23.4. The summed E-state index contributed by atoms with van der Waals surface area (Å²) in [6.45, 7) is 3.24. The summed E-state index contributed by atoms with van der Waals surface area (Å²) in [4.78, 5) is 18.2. The summed E-state index contributed by atoms with van der Waals surface area (Å²) in [7, 11) is -2.12. The molecule has 2 aromatic rings. The lowest BCUT2D eigenvalue weighted by molar-refractivity contribution is -0.137. The van der Waals surface area contributed by atoms with E-state index in [-0.39, 0.29) is 23.5 Å². The van der Waals surface area contributed by atoms with Crippen LogP contribution in [0.25, 0.3) is 0 Å². The van der Waals surface area contributed by atoms with Crippen LogP contribution in [-0.4, -0.2) is 71.8 Å². The number of halogens is 1. The van der Waals surface area contributed by atoms with E-state index in [0.29, 0.717) is 49.2 Å². The summed E-state index contributed by atoms with van der Waals surface area (Å²) in [5, 5.41) is 0.670.